The van der Waals surface area contributed by atoms with Crippen LogP contribution in [-0.4, -0.2) is 29.9 Å². The van der Waals surface area contributed by atoms with Crippen molar-refractivity contribution in [2.24, 2.45) is 0 Å². The number of amides is 1. The summed E-state index contributed by atoms with van der Waals surface area (Å²) in [4.78, 5) is 15.4. The Morgan fingerprint density at radius 1 is 1.58 bits per heavy atom. The maximum Gasteiger partial charge on any atom is 0.222 e. The Balaban J connectivity index is 0.00000180. The molecule has 1 saturated heterocycles. The van der Waals surface area contributed by atoms with Crippen LogP contribution in [0.4, 0.5) is 0 Å². The maximum absolute atomic E-state index is 12.2. The summed E-state index contributed by atoms with van der Waals surface area (Å²) in [7, 11) is 0. The van der Waals surface area contributed by atoms with E-state index in [4.69, 9.17) is 0 Å². The molecule has 1 aliphatic heterocycles. The van der Waals surface area contributed by atoms with Crippen LogP contribution in [0.3, 0.4) is 0 Å². The molecule has 2 rings (SSSR count). The van der Waals surface area contributed by atoms with Crippen LogP contribution in [-0.2, 0) is 11.3 Å². The van der Waals surface area contributed by atoms with E-state index in [0.29, 0.717) is 18.4 Å². The normalized spacial score (nSPS) is 18.1. The van der Waals surface area contributed by atoms with Gasteiger partial charge in [-0.15, -0.1) is 23.7 Å². The molecule has 19 heavy (non-hydrogen) atoms. The molecule has 0 aliphatic carbocycles. The van der Waals surface area contributed by atoms with E-state index in [1.165, 1.54) is 17.7 Å². The van der Waals surface area contributed by atoms with Gasteiger partial charge in [0, 0.05) is 23.9 Å². The lowest BCUT2D eigenvalue weighted by Crippen LogP contribution is -2.31. The number of hydrogen-bond acceptors (Lipinski definition) is 3. The lowest BCUT2D eigenvalue weighted by atomic mass is 10.1. The quantitative estimate of drug-likeness (QED) is 0.876. The van der Waals surface area contributed by atoms with Crippen molar-refractivity contribution in [3.05, 3.63) is 22.4 Å². The number of nitrogens with zero attached hydrogens (tertiary/aromatic N) is 1. The second-order valence-corrected chi connectivity index (χ2v) is 5.85. The molecule has 108 valence electrons. The highest BCUT2D eigenvalue weighted by Gasteiger charge is 2.18. The predicted molar refractivity (Wildman–Crippen MR) is 82.9 cm³/mol. The smallest absolute Gasteiger partial charge is 0.222 e. The third-order valence-corrected chi connectivity index (χ3v) is 4.39. The van der Waals surface area contributed by atoms with Gasteiger partial charge in [-0.25, -0.2) is 0 Å². The molecule has 1 fully saturated rings. The zero-order valence-corrected chi connectivity index (χ0v) is 13.1. The summed E-state index contributed by atoms with van der Waals surface area (Å²) in [6, 6.07) is 4.70. The summed E-state index contributed by atoms with van der Waals surface area (Å²) in [6.45, 7) is 4.74. The summed E-state index contributed by atoms with van der Waals surface area (Å²) in [5.41, 5.74) is 0. The molecule has 0 aromatic carbocycles. The Morgan fingerprint density at radius 3 is 3.00 bits per heavy atom. The van der Waals surface area contributed by atoms with Gasteiger partial charge in [0.2, 0.25) is 5.91 Å². The van der Waals surface area contributed by atoms with Gasteiger partial charge < -0.3 is 10.2 Å². The van der Waals surface area contributed by atoms with Crippen LogP contribution in [0.2, 0.25) is 0 Å². The fourth-order valence-corrected chi connectivity index (χ4v) is 3.15. The molecule has 0 radical (unpaired) electrons. The monoisotopic (exact) mass is 302 g/mol. The van der Waals surface area contributed by atoms with Crippen molar-refractivity contribution >= 4 is 29.7 Å². The second kappa shape index (κ2) is 8.56. The van der Waals surface area contributed by atoms with E-state index >= 15 is 0 Å². The largest absolute Gasteiger partial charge is 0.338 e. The molecule has 2 heterocycles. The first-order valence-corrected chi connectivity index (χ1v) is 7.71. The average Bonchev–Trinajstić information content (AvgIpc) is 3.06. The zero-order valence-electron chi connectivity index (χ0n) is 11.4. The van der Waals surface area contributed by atoms with Gasteiger partial charge in [-0.05, 0) is 44.2 Å². The molecule has 0 bridgehead atoms. The van der Waals surface area contributed by atoms with Crippen LogP contribution >= 0.6 is 23.7 Å². The number of hydrogen-bond donors (Lipinski definition) is 1. The summed E-state index contributed by atoms with van der Waals surface area (Å²) in [5.74, 6) is 0.291. The Bertz CT molecular complexity index is 364. The third-order valence-electron chi connectivity index (χ3n) is 3.53. The number of carbonyl (C=O) groups is 1. The molecule has 0 spiro atoms. The van der Waals surface area contributed by atoms with Crippen molar-refractivity contribution in [2.75, 3.05) is 13.1 Å². The van der Waals surface area contributed by atoms with Gasteiger partial charge in [-0.3, -0.25) is 4.79 Å². The van der Waals surface area contributed by atoms with Crippen LogP contribution in [0.25, 0.3) is 0 Å². The summed E-state index contributed by atoms with van der Waals surface area (Å²) >= 11 is 1.72. The van der Waals surface area contributed by atoms with E-state index in [2.05, 4.69) is 23.7 Å². The van der Waals surface area contributed by atoms with Crippen LogP contribution in [0.15, 0.2) is 17.5 Å². The van der Waals surface area contributed by atoms with Crippen molar-refractivity contribution in [1.82, 2.24) is 10.2 Å². The van der Waals surface area contributed by atoms with Crippen molar-refractivity contribution < 1.29 is 4.79 Å². The summed E-state index contributed by atoms with van der Waals surface area (Å²) in [6.07, 6.45) is 4.15. The van der Waals surface area contributed by atoms with Crippen LogP contribution < -0.4 is 5.32 Å². The second-order valence-electron chi connectivity index (χ2n) is 4.82. The van der Waals surface area contributed by atoms with E-state index in [9.17, 15) is 4.79 Å². The van der Waals surface area contributed by atoms with Crippen LogP contribution in [0, 0.1) is 0 Å². The van der Waals surface area contributed by atoms with E-state index in [0.717, 1.165) is 26.1 Å². The van der Waals surface area contributed by atoms with Crippen molar-refractivity contribution in [1.29, 1.82) is 0 Å². The molecular weight excluding hydrogens is 280 g/mol. The SMILES string of the molecule is CCN(Cc1cccs1)C(=O)CCC1CCCN1.Cl. The van der Waals surface area contributed by atoms with Crippen molar-refractivity contribution in [3.8, 4) is 0 Å². The Morgan fingerprint density at radius 2 is 2.42 bits per heavy atom. The molecule has 1 aromatic heterocycles. The highest BCUT2D eigenvalue weighted by atomic mass is 35.5. The molecule has 1 atom stereocenters. The van der Waals surface area contributed by atoms with Crippen molar-refractivity contribution in [2.45, 2.75) is 45.2 Å². The molecule has 1 unspecified atom stereocenters. The van der Waals surface area contributed by atoms with Crippen LogP contribution in [0.5, 0.6) is 0 Å². The Hall–Kier alpha value is -0.580. The number of carbonyl (C=O) groups excluding carboxylic acids is 1. The molecule has 5 heteroatoms. The van der Waals surface area contributed by atoms with Crippen molar-refractivity contribution in [3.63, 3.8) is 0 Å². The first-order chi connectivity index (χ1) is 8.79. The summed E-state index contributed by atoms with van der Waals surface area (Å²) < 4.78 is 0. The minimum Gasteiger partial charge on any atom is -0.338 e. The third kappa shape index (κ3) is 5.13. The molecule has 1 amide bonds. The minimum atomic E-state index is 0. The van der Waals surface area contributed by atoms with Crippen LogP contribution in [0.1, 0.15) is 37.5 Å². The van der Waals surface area contributed by atoms with E-state index in [1.54, 1.807) is 11.3 Å². The van der Waals surface area contributed by atoms with Gasteiger partial charge in [-0.1, -0.05) is 6.07 Å². The molecule has 1 aromatic rings. The molecule has 0 saturated carbocycles. The number of nitrogens with one attached hydrogen (secondary N) is 1. The first-order valence-electron chi connectivity index (χ1n) is 6.83. The average molecular weight is 303 g/mol. The molecule has 3 nitrogen and oxygen atoms in total. The molecule has 1 aliphatic rings. The predicted octanol–water partition coefficient (Wildman–Crippen LogP) is 3.05. The number of rotatable bonds is 6. The highest BCUT2D eigenvalue weighted by molar-refractivity contribution is 7.09. The topological polar surface area (TPSA) is 32.3 Å². The van der Waals surface area contributed by atoms with E-state index in [1.807, 2.05) is 11.0 Å². The fraction of sp³-hybridized carbons (Fsp3) is 0.643. The lowest BCUT2D eigenvalue weighted by Gasteiger charge is -2.21. The zero-order chi connectivity index (χ0) is 12.8. The van der Waals surface area contributed by atoms with Gasteiger partial charge in [0.1, 0.15) is 0 Å². The van der Waals surface area contributed by atoms with E-state index in [-0.39, 0.29) is 12.4 Å². The number of halogens is 1. The van der Waals surface area contributed by atoms with E-state index < -0.39 is 0 Å². The Kier molecular flexibility index (Phi) is 7.42. The maximum atomic E-state index is 12.2. The standard InChI is InChI=1S/C14H22N2OS.ClH/c1-2-16(11-13-6-4-10-18-13)14(17)8-7-12-5-3-9-15-12;/h4,6,10,12,15H,2-3,5,7-9,11H2,1H3;1H. The number of thiophene rings is 1. The van der Waals surface area contributed by atoms with Gasteiger partial charge in [-0.2, -0.15) is 0 Å². The van der Waals surface area contributed by atoms with Gasteiger partial charge >= 0.3 is 0 Å². The summed E-state index contributed by atoms with van der Waals surface area (Å²) in [5, 5.41) is 5.51. The van der Waals surface area contributed by atoms with Gasteiger partial charge in [0.25, 0.3) is 0 Å². The Labute approximate surface area is 125 Å². The first kappa shape index (κ1) is 16.5. The molecular formula is C14H23ClN2OS. The highest BCUT2D eigenvalue weighted by Crippen LogP contribution is 2.15. The molecule has 1 N–H and O–H groups in total. The van der Waals surface area contributed by atoms with Gasteiger partial charge in [0.05, 0.1) is 6.54 Å². The lowest BCUT2D eigenvalue weighted by molar-refractivity contribution is -0.131. The van der Waals surface area contributed by atoms with Gasteiger partial charge in [0.15, 0.2) is 0 Å². The fourth-order valence-electron chi connectivity index (χ4n) is 2.43. The minimum absolute atomic E-state index is 0.